The molecule has 2 aliphatic rings. The molecule has 184 valence electrons. The number of aromatic amines is 1. The van der Waals surface area contributed by atoms with Crippen molar-refractivity contribution < 1.29 is 27.5 Å². The topological polar surface area (TPSA) is 78.5 Å². The quantitative estimate of drug-likeness (QED) is 0.671. The number of hydrogen-bond acceptors (Lipinski definition) is 4. The number of amides is 2. The van der Waals surface area contributed by atoms with E-state index in [4.69, 9.17) is 4.74 Å². The van der Waals surface area contributed by atoms with Gasteiger partial charge in [-0.2, -0.15) is 18.3 Å². The third-order valence-corrected chi connectivity index (χ3v) is 6.45. The molecule has 3 heterocycles. The van der Waals surface area contributed by atoms with Gasteiger partial charge < -0.3 is 14.5 Å². The summed E-state index contributed by atoms with van der Waals surface area (Å²) in [6.07, 6.45) is 0.876. The third-order valence-electron chi connectivity index (χ3n) is 6.45. The largest absolute Gasteiger partial charge is 0.492 e. The Morgan fingerprint density at radius 2 is 1.91 bits per heavy atom. The molecule has 0 saturated carbocycles. The lowest BCUT2D eigenvalue weighted by Gasteiger charge is -2.36. The zero-order valence-electron chi connectivity index (χ0n) is 18.9. The normalized spacial score (nSPS) is 20.7. The van der Waals surface area contributed by atoms with Gasteiger partial charge >= 0.3 is 6.18 Å². The van der Waals surface area contributed by atoms with Crippen molar-refractivity contribution in [2.75, 3.05) is 26.2 Å². The monoisotopic (exact) mass is 478 g/mol. The van der Waals surface area contributed by atoms with Crippen molar-refractivity contribution in [1.82, 2.24) is 20.0 Å². The van der Waals surface area contributed by atoms with Gasteiger partial charge in [-0.25, -0.2) is 0 Å². The van der Waals surface area contributed by atoms with E-state index in [-0.39, 0.29) is 43.8 Å². The number of carbonyl (C=O) groups excluding carboxylic acids is 2. The molecule has 1 fully saturated rings. The van der Waals surface area contributed by atoms with Crippen molar-refractivity contribution in [2.45, 2.75) is 57.2 Å². The second-order valence-electron chi connectivity index (χ2n) is 8.83. The van der Waals surface area contributed by atoms with Crippen LogP contribution >= 0.6 is 0 Å². The minimum absolute atomic E-state index is 0.0658. The fourth-order valence-electron chi connectivity index (χ4n) is 4.64. The highest BCUT2D eigenvalue weighted by Gasteiger charge is 2.34. The summed E-state index contributed by atoms with van der Waals surface area (Å²) in [6, 6.07) is 8.66. The van der Waals surface area contributed by atoms with E-state index in [1.807, 2.05) is 34.3 Å². The number of aromatic nitrogens is 2. The molecule has 2 aromatic rings. The highest BCUT2D eigenvalue weighted by Crippen LogP contribution is 2.28. The lowest BCUT2D eigenvalue weighted by molar-refractivity contribution is -0.141. The van der Waals surface area contributed by atoms with Crippen LogP contribution in [0.2, 0.25) is 0 Å². The van der Waals surface area contributed by atoms with E-state index >= 15 is 0 Å². The lowest BCUT2D eigenvalue weighted by atomic mass is 9.95. The highest BCUT2D eigenvalue weighted by molar-refractivity contribution is 5.92. The van der Waals surface area contributed by atoms with Gasteiger partial charge in [0.25, 0.3) is 5.91 Å². The van der Waals surface area contributed by atoms with Gasteiger partial charge in [0.2, 0.25) is 5.91 Å². The van der Waals surface area contributed by atoms with Crippen molar-refractivity contribution in [2.24, 2.45) is 0 Å². The summed E-state index contributed by atoms with van der Waals surface area (Å²) < 4.78 is 44.7. The van der Waals surface area contributed by atoms with E-state index in [2.05, 4.69) is 5.10 Å². The summed E-state index contributed by atoms with van der Waals surface area (Å²) >= 11 is 0. The van der Waals surface area contributed by atoms with Gasteiger partial charge in [0.15, 0.2) is 5.69 Å². The van der Waals surface area contributed by atoms with Gasteiger partial charge in [-0.05, 0) is 56.2 Å². The molecule has 34 heavy (non-hydrogen) atoms. The highest BCUT2D eigenvalue weighted by atomic mass is 19.4. The second kappa shape index (κ2) is 10.5. The van der Waals surface area contributed by atoms with Crippen LogP contribution < -0.4 is 4.74 Å². The molecule has 1 saturated heterocycles. The van der Waals surface area contributed by atoms with Crippen LogP contribution in [0.1, 0.15) is 60.3 Å². The zero-order valence-corrected chi connectivity index (χ0v) is 18.9. The van der Waals surface area contributed by atoms with Gasteiger partial charge in [0.05, 0.1) is 6.54 Å². The summed E-state index contributed by atoms with van der Waals surface area (Å²) in [5.41, 5.74) is -0.266. The van der Waals surface area contributed by atoms with E-state index in [9.17, 15) is 22.8 Å². The van der Waals surface area contributed by atoms with Crippen molar-refractivity contribution >= 4 is 11.8 Å². The number of H-pyrrole nitrogens is 1. The Morgan fingerprint density at radius 1 is 1.06 bits per heavy atom. The number of piperidine rings is 1. The van der Waals surface area contributed by atoms with E-state index in [1.165, 1.54) is 4.90 Å². The van der Waals surface area contributed by atoms with Crippen LogP contribution in [-0.4, -0.2) is 64.1 Å². The molecule has 4 rings (SSSR count). The molecule has 2 aliphatic heterocycles. The standard InChI is InChI=1S/C24H29F3N4O3/c25-24(26,27)21-16-20(28-29-21)23(33)30-11-4-8-22(32)31-12-2-1-6-18(31)10-9-17-5-3-7-19(15-17)34-14-13-30/h3,5,7,15-16,18H,1-2,4,6,8-14H2,(H,28,29). The molecule has 0 spiro atoms. The number of fused-ring (bicyclic) bond motifs is 3. The SMILES string of the molecule is O=C(c1cc(C(F)(F)F)[nH]n1)N1CCCC(=O)N2CCCCC2CCc2cccc(c2)OCC1. The summed E-state index contributed by atoms with van der Waals surface area (Å²) in [6.45, 7) is 1.30. The molecule has 1 aromatic carbocycles. The van der Waals surface area contributed by atoms with E-state index in [0.717, 1.165) is 44.2 Å². The van der Waals surface area contributed by atoms with Crippen LogP contribution in [0, 0.1) is 0 Å². The molecular weight excluding hydrogens is 449 g/mol. The minimum atomic E-state index is -4.62. The van der Waals surface area contributed by atoms with Gasteiger partial charge in [0.1, 0.15) is 18.1 Å². The van der Waals surface area contributed by atoms with Crippen molar-refractivity contribution in [1.29, 1.82) is 0 Å². The summed E-state index contributed by atoms with van der Waals surface area (Å²) in [5, 5.41) is 5.45. The summed E-state index contributed by atoms with van der Waals surface area (Å²) in [5.74, 6) is 0.114. The van der Waals surface area contributed by atoms with Crippen LogP contribution in [-0.2, 0) is 17.4 Å². The first kappa shape index (κ1) is 24.1. The van der Waals surface area contributed by atoms with Crippen molar-refractivity contribution in [3.8, 4) is 5.75 Å². The number of aryl methyl sites for hydroxylation is 1. The van der Waals surface area contributed by atoms with Crippen molar-refractivity contribution in [3.05, 3.63) is 47.3 Å². The maximum Gasteiger partial charge on any atom is 0.432 e. The first-order valence-corrected chi connectivity index (χ1v) is 11.7. The first-order valence-electron chi connectivity index (χ1n) is 11.7. The summed E-state index contributed by atoms with van der Waals surface area (Å²) in [4.78, 5) is 29.3. The fraction of sp³-hybridized carbons (Fsp3) is 0.542. The number of benzene rings is 1. The molecule has 7 nitrogen and oxygen atoms in total. The summed E-state index contributed by atoms with van der Waals surface area (Å²) in [7, 11) is 0. The number of alkyl halides is 3. The van der Waals surface area contributed by atoms with Gasteiger partial charge in [-0.3, -0.25) is 14.7 Å². The van der Waals surface area contributed by atoms with Crippen LogP contribution in [0.25, 0.3) is 0 Å². The molecule has 0 radical (unpaired) electrons. The van der Waals surface area contributed by atoms with Crippen molar-refractivity contribution in [3.63, 3.8) is 0 Å². The number of nitrogens with one attached hydrogen (secondary N) is 1. The Bertz CT molecular complexity index is 1010. The number of rotatable bonds is 1. The van der Waals surface area contributed by atoms with E-state index < -0.39 is 17.8 Å². The van der Waals surface area contributed by atoms with E-state index in [0.29, 0.717) is 18.2 Å². The molecule has 0 aliphatic carbocycles. The Kier molecular flexibility index (Phi) is 7.43. The number of carbonyl (C=O) groups is 2. The Labute approximate surface area is 196 Å². The average molecular weight is 479 g/mol. The molecule has 1 unspecified atom stereocenters. The number of hydrogen-bond donors (Lipinski definition) is 1. The maximum atomic E-state index is 13.0. The molecule has 1 atom stereocenters. The predicted octanol–water partition coefficient (Wildman–Crippen LogP) is 4.06. The zero-order chi connectivity index (χ0) is 24.1. The molecular formula is C24H29F3N4O3. The van der Waals surface area contributed by atoms with Gasteiger partial charge in [-0.15, -0.1) is 0 Å². The predicted molar refractivity (Wildman–Crippen MR) is 118 cm³/mol. The molecule has 2 amide bonds. The van der Waals surface area contributed by atoms with Crippen LogP contribution in [0.5, 0.6) is 5.75 Å². The Hall–Kier alpha value is -3.04. The van der Waals surface area contributed by atoms with Gasteiger partial charge in [-0.1, -0.05) is 12.1 Å². The molecule has 1 N–H and O–H groups in total. The molecule has 2 bridgehead atoms. The van der Waals surface area contributed by atoms with Crippen LogP contribution in [0.15, 0.2) is 30.3 Å². The van der Waals surface area contributed by atoms with Crippen LogP contribution in [0.4, 0.5) is 13.2 Å². The number of halogens is 3. The van der Waals surface area contributed by atoms with E-state index in [1.54, 1.807) is 0 Å². The smallest absolute Gasteiger partial charge is 0.432 e. The fourth-order valence-corrected chi connectivity index (χ4v) is 4.64. The number of ether oxygens (including phenoxy) is 1. The third kappa shape index (κ3) is 5.90. The number of nitrogens with zero attached hydrogens (tertiary/aromatic N) is 3. The Balaban J connectivity index is 1.52. The second-order valence-corrected chi connectivity index (χ2v) is 8.83. The Morgan fingerprint density at radius 3 is 2.71 bits per heavy atom. The van der Waals surface area contributed by atoms with Crippen LogP contribution in [0.3, 0.4) is 0 Å². The first-order chi connectivity index (χ1) is 16.3. The average Bonchev–Trinajstić information content (AvgIpc) is 3.32. The molecule has 10 heteroatoms. The molecule has 1 aromatic heterocycles. The van der Waals surface area contributed by atoms with Gasteiger partial charge in [0, 0.05) is 31.6 Å². The lowest BCUT2D eigenvalue weighted by Crippen LogP contribution is -2.44. The minimum Gasteiger partial charge on any atom is -0.492 e. The maximum absolute atomic E-state index is 13.0.